The van der Waals surface area contributed by atoms with E-state index >= 15 is 0 Å². The normalized spacial score (nSPS) is 18.3. The molecule has 0 bridgehead atoms. The third-order valence-corrected chi connectivity index (χ3v) is 7.22. The molecule has 1 N–H and O–H groups in total. The number of ether oxygens (including phenoxy) is 1. The van der Waals surface area contributed by atoms with E-state index in [0.29, 0.717) is 23.5 Å². The molecule has 1 atom stereocenters. The summed E-state index contributed by atoms with van der Waals surface area (Å²) in [5.74, 6) is 0.444. The van der Waals surface area contributed by atoms with E-state index in [9.17, 15) is 9.90 Å². The molecular weight excluding hydrogens is 428 g/mol. The van der Waals surface area contributed by atoms with Gasteiger partial charge in [0, 0.05) is 5.75 Å². The van der Waals surface area contributed by atoms with E-state index in [4.69, 9.17) is 4.74 Å². The van der Waals surface area contributed by atoms with Crippen LogP contribution in [0.15, 0.2) is 95.6 Å². The molecule has 4 heteroatoms. The Balaban J connectivity index is 1.53. The van der Waals surface area contributed by atoms with Crippen LogP contribution in [0.3, 0.4) is 0 Å². The fraction of sp³-hybridized carbons (Fsp3) is 0.276. The van der Waals surface area contributed by atoms with Crippen LogP contribution in [-0.2, 0) is 21.6 Å². The van der Waals surface area contributed by atoms with Gasteiger partial charge in [-0.25, -0.2) is 4.79 Å². The van der Waals surface area contributed by atoms with Crippen molar-refractivity contribution in [1.82, 2.24) is 0 Å². The molecule has 0 saturated heterocycles. The number of aliphatic hydroxyl groups is 1. The highest BCUT2D eigenvalue weighted by molar-refractivity contribution is 8.04. The molecule has 3 nitrogen and oxygen atoms in total. The molecule has 1 aliphatic rings. The first-order chi connectivity index (χ1) is 16.1. The molecule has 0 saturated carbocycles. The Morgan fingerprint density at radius 3 is 2.18 bits per heavy atom. The predicted molar refractivity (Wildman–Crippen MR) is 136 cm³/mol. The number of benzene rings is 3. The molecular formula is C29H30O3S. The van der Waals surface area contributed by atoms with Crippen LogP contribution in [0.25, 0.3) is 11.1 Å². The molecule has 3 aromatic carbocycles. The van der Waals surface area contributed by atoms with Crippen LogP contribution in [0.4, 0.5) is 0 Å². The van der Waals surface area contributed by atoms with E-state index in [-0.39, 0.29) is 5.76 Å². The van der Waals surface area contributed by atoms with Crippen LogP contribution < -0.4 is 0 Å². The number of esters is 1. The fourth-order valence-electron chi connectivity index (χ4n) is 4.29. The number of cyclic esters (lactones) is 1. The second-order valence-electron chi connectivity index (χ2n) is 8.47. The zero-order chi connectivity index (χ0) is 23.1. The van der Waals surface area contributed by atoms with Gasteiger partial charge in [-0.3, -0.25) is 0 Å². The van der Waals surface area contributed by atoms with Gasteiger partial charge in [0.15, 0.2) is 0 Å². The van der Waals surface area contributed by atoms with E-state index in [1.165, 1.54) is 17.3 Å². The molecule has 0 radical (unpaired) electrons. The highest BCUT2D eigenvalue weighted by Gasteiger charge is 2.43. The van der Waals surface area contributed by atoms with Gasteiger partial charge in [0.05, 0.1) is 6.42 Å². The highest BCUT2D eigenvalue weighted by Crippen LogP contribution is 2.44. The van der Waals surface area contributed by atoms with Gasteiger partial charge in [-0.05, 0) is 41.5 Å². The maximum atomic E-state index is 13.0. The number of rotatable bonds is 9. The average molecular weight is 459 g/mol. The van der Waals surface area contributed by atoms with Crippen molar-refractivity contribution in [3.8, 4) is 11.1 Å². The van der Waals surface area contributed by atoms with Crippen molar-refractivity contribution in [2.75, 3.05) is 5.75 Å². The summed E-state index contributed by atoms with van der Waals surface area (Å²) in [5.41, 5.74) is 3.58. The quantitative estimate of drug-likeness (QED) is 0.339. The summed E-state index contributed by atoms with van der Waals surface area (Å²) >= 11 is 1.38. The number of aryl methyl sites for hydroxylation is 1. The molecule has 0 spiro atoms. The third-order valence-electron chi connectivity index (χ3n) is 6.12. The number of unbranched alkanes of at least 4 members (excludes halogenated alkanes) is 1. The largest absolute Gasteiger partial charge is 0.511 e. The van der Waals surface area contributed by atoms with Crippen LogP contribution in [0.5, 0.6) is 0 Å². The van der Waals surface area contributed by atoms with Crippen molar-refractivity contribution in [3.05, 3.63) is 107 Å². The summed E-state index contributed by atoms with van der Waals surface area (Å²) in [6.45, 7) is 2.12. The number of hydrogen-bond donors (Lipinski definition) is 1. The van der Waals surface area contributed by atoms with E-state index in [1.54, 1.807) is 0 Å². The van der Waals surface area contributed by atoms with Gasteiger partial charge in [0.1, 0.15) is 16.3 Å². The molecule has 170 valence electrons. The SMILES string of the molecule is CCCCC1(c2ccc(-c3ccccc3)cc2)CC(O)=C(SCCc2ccccc2)C(=O)O1. The average Bonchev–Trinajstić information content (AvgIpc) is 2.86. The van der Waals surface area contributed by atoms with Gasteiger partial charge in [-0.15, -0.1) is 11.8 Å². The summed E-state index contributed by atoms with van der Waals surface area (Å²) in [6, 6.07) is 28.6. The number of thioether (sulfide) groups is 1. The van der Waals surface area contributed by atoms with Crippen LogP contribution in [0.2, 0.25) is 0 Å². The van der Waals surface area contributed by atoms with Crippen LogP contribution >= 0.6 is 11.8 Å². The molecule has 0 aliphatic carbocycles. The van der Waals surface area contributed by atoms with E-state index in [2.05, 4.69) is 43.3 Å². The second kappa shape index (κ2) is 10.8. The van der Waals surface area contributed by atoms with Crippen molar-refractivity contribution in [2.45, 2.75) is 44.6 Å². The standard InChI is InChI=1S/C29H30O3S/c1-2-3-19-29(25-16-14-24(15-17-25)23-12-8-5-9-13-23)21-26(30)27(28(31)32-29)33-20-18-22-10-6-4-7-11-22/h4-17,30H,2-3,18-21H2,1H3. The summed E-state index contributed by atoms with van der Waals surface area (Å²) in [4.78, 5) is 13.4. The van der Waals surface area contributed by atoms with E-state index in [1.807, 2.05) is 48.5 Å². The minimum Gasteiger partial charge on any atom is -0.511 e. The number of carbonyl (C=O) groups is 1. The third kappa shape index (κ3) is 5.51. The zero-order valence-corrected chi connectivity index (χ0v) is 19.8. The molecule has 0 fully saturated rings. The van der Waals surface area contributed by atoms with Gasteiger partial charge < -0.3 is 9.84 Å². The van der Waals surface area contributed by atoms with Gasteiger partial charge in [-0.1, -0.05) is 98.3 Å². The summed E-state index contributed by atoms with van der Waals surface area (Å²) in [7, 11) is 0. The van der Waals surface area contributed by atoms with Crippen molar-refractivity contribution in [2.24, 2.45) is 0 Å². The minimum absolute atomic E-state index is 0.146. The Hall–Kier alpha value is -2.98. The Morgan fingerprint density at radius 1 is 0.909 bits per heavy atom. The maximum Gasteiger partial charge on any atom is 0.348 e. The minimum atomic E-state index is -0.824. The first kappa shape index (κ1) is 23.2. The first-order valence-corrected chi connectivity index (χ1v) is 12.6. The lowest BCUT2D eigenvalue weighted by molar-refractivity contribution is -0.160. The first-order valence-electron chi connectivity index (χ1n) is 11.6. The molecule has 33 heavy (non-hydrogen) atoms. The lowest BCUT2D eigenvalue weighted by atomic mass is 9.82. The highest BCUT2D eigenvalue weighted by atomic mass is 32.2. The molecule has 1 heterocycles. The lowest BCUT2D eigenvalue weighted by Crippen LogP contribution is -2.37. The van der Waals surface area contributed by atoms with Crippen LogP contribution in [0, 0.1) is 0 Å². The van der Waals surface area contributed by atoms with Gasteiger partial charge in [-0.2, -0.15) is 0 Å². The van der Waals surface area contributed by atoms with Crippen molar-refractivity contribution >= 4 is 17.7 Å². The monoisotopic (exact) mass is 458 g/mol. The van der Waals surface area contributed by atoms with Gasteiger partial charge in [0.2, 0.25) is 0 Å². The van der Waals surface area contributed by atoms with Gasteiger partial charge >= 0.3 is 5.97 Å². The fourth-order valence-corrected chi connectivity index (χ4v) is 5.23. The lowest BCUT2D eigenvalue weighted by Gasteiger charge is -2.37. The second-order valence-corrected chi connectivity index (χ2v) is 9.57. The van der Waals surface area contributed by atoms with Crippen molar-refractivity contribution in [3.63, 3.8) is 0 Å². The van der Waals surface area contributed by atoms with Crippen molar-refractivity contribution in [1.29, 1.82) is 0 Å². The van der Waals surface area contributed by atoms with E-state index in [0.717, 1.165) is 36.0 Å². The predicted octanol–water partition coefficient (Wildman–Crippen LogP) is 7.43. The summed E-state index contributed by atoms with van der Waals surface area (Å²) in [5, 5.41) is 10.9. The summed E-state index contributed by atoms with van der Waals surface area (Å²) < 4.78 is 6.12. The van der Waals surface area contributed by atoms with E-state index < -0.39 is 11.6 Å². The molecule has 0 amide bonds. The summed E-state index contributed by atoms with van der Waals surface area (Å²) in [6.07, 6.45) is 3.74. The molecule has 1 unspecified atom stereocenters. The smallest absolute Gasteiger partial charge is 0.348 e. The molecule has 3 aromatic rings. The number of aliphatic hydroxyl groups excluding tert-OH is 1. The zero-order valence-electron chi connectivity index (χ0n) is 19.0. The molecule has 4 rings (SSSR count). The Labute approximate surface area is 200 Å². The Bertz CT molecular complexity index is 1090. The number of carbonyl (C=O) groups excluding carboxylic acids is 1. The Morgan fingerprint density at radius 2 is 1.55 bits per heavy atom. The maximum absolute atomic E-state index is 13.0. The molecule has 1 aliphatic heterocycles. The number of hydrogen-bond acceptors (Lipinski definition) is 4. The van der Waals surface area contributed by atoms with Crippen LogP contribution in [0.1, 0.15) is 43.7 Å². The topological polar surface area (TPSA) is 46.5 Å². The van der Waals surface area contributed by atoms with Crippen molar-refractivity contribution < 1.29 is 14.6 Å². The Kier molecular flexibility index (Phi) is 7.56. The van der Waals surface area contributed by atoms with Gasteiger partial charge in [0.25, 0.3) is 0 Å². The molecule has 0 aromatic heterocycles. The van der Waals surface area contributed by atoms with Crippen LogP contribution in [-0.4, -0.2) is 16.8 Å².